The van der Waals surface area contributed by atoms with Crippen LogP contribution in [-0.2, 0) is 13.2 Å². The number of ether oxygens (including phenoxy) is 2. The topological polar surface area (TPSA) is 105 Å². The van der Waals surface area contributed by atoms with Crippen molar-refractivity contribution in [2.45, 2.75) is 13.2 Å². The van der Waals surface area contributed by atoms with Crippen molar-refractivity contribution in [2.75, 3.05) is 0 Å². The molecule has 4 aromatic rings. The molecular formula is C17H12FN5O4S. The largest absolute Gasteiger partial charge is 0.486 e. The van der Waals surface area contributed by atoms with E-state index in [9.17, 15) is 14.5 Å². The second-order valence-corrected chi connectivity index (χ2v) is 6.63. The molecule has 28 heavy (non-hydrogen) atoms. The summed E-state index contributed by atoms with van der Waals surface area (Å²) in [6.07, 6.45) is 0. The number of fused-ring (bicyclic) bond motifs is 1. The molecule has 0 aliphatic rings. The van der Waals surface area contributed by atoms with Gasteiger partial charge in [0.1, 0.15) is 30.5 Å². The predicted molar refractivity (Wildman–Crippen MR) is 96.8 cm³/mol. The van der Waals surface area contributed by atoms with Gasteiger partial charge in [-0.25, -0.2) is 4.39 Å². The number of benzene rings is 2. The highest BCUT2D eigenvalue weighted by Gasteiger charge is 2.13. The molecule has 142 valence electrons. The van der Waals surface area contributed by atoms with Gasteiger partial charge in [-0.05, 0) is 36.4 Å². The Kier molecular flexibility index (Phi) is 4.81. The molecule has 0 amide bonds. The third-order valence-corrected chi connectivity index (χ3v) is 4.56. The first kappa shape index (κ1) is 17.8. The number of hydrogen-bond donors (Lipinski definition) is 0. The molecule has 0 bridgehead atoms. The Morgan fingerprint density at radius 3 is 2.32 bits per heavy atom. The molecule has 0 unspecified atom stereocenters. The summed E-state index contributed by atoms with van der Waals surface area (Å²) in [5, 5.41) is 23.8. The fraction of sp³-hybridized carbons (Fsp3) is 0.118. The Hall–Kier alpha value is -3.60. The third-order valence-electron chi connectivity index (χ3n) is 3.69. The lowest BCUT2D eigenvalue weighted by Crippen LogP contribution is -2.03. The van der Waals surface area contributed by atoms with Crippen LogP contribution in [0, 0.1) is 15.9 Å². The average Bonchev–Trinajstić information content (AvgIpc) is 3.27. The number of aromatic nitrogens is 4. The zero-order valence-corrected chi connectivity index (χ0v) is 15.0. The van der Waals surface area contributed by atoms with Crippen LogP contribution in [0.25, 0.3) is 4.96 Å². The fourth-order valence-corrected chi connectivity index (χ4v) is 3.10. The monoisotopic (exact) mass is 401 g/mol. The van der Waals surface area contributed by atoms with Crippen LogP contribution in [0.4, 0.5) is 10.1 Å². The summed E-state index contributed by atoms with van der Waals surface area (Å²) in [5.74, 6) is 1.16. The molecule has 0 saturated carbocycles. The number of non-ortho nitro benzene ring substituents is 1. The number of halogens is 1. The highest BCUT2D eigenvalue weighted by Crippen LogP contribution is 2.21. The zero-order valence-electron chi connectivity index (χ0n) is 14.2. The fourth-order valence-electron chi connectivity index (χ4n) is 2.33. The quantitative estimate of drug-likeness (QED) is 0.345. The highest BCUT2D eigenvalue weighted by molar-refractivity contribution is 7.16. The highest BCUT2D eigenvalue weighted by atomic mass is 32.1. The first-order valence-corrected chi connectivity index (χ1v) is 8.86. The first-order chi connectivity index (χ1) is 13.6. The molecule has 0 atom stereocenters. The number of rotatable bonds is 7. The molecule has 0 aliphatic carbocycles. The molecule has 0 aliphatic heterocycles. The molecule has 0 saturated heterocycles. The summed E-state index contributed by atoms with van der Waals surface area (Å²) >= 11 is 1.31. The van der Waals surface area contributed by atoms with E-state index in [-0.39, 0.29) is 24.7 Å². The van der Waals surface area contributed by atoms with Crippen LogP contribution >= 0.6 is 11.3 Å². The molecule has 0 fully saturated rings. The van der Waals surface area contributed by atoms with Gasteiger partial charge >= 0.3 is 0 Å². The molecule has 9 nitrogen and oxygen atoms in total. The number of nitro groups is 1. The third kappa shape index (κ3) is 3.88. The van der Waals surface area contributed by atoms with Crippen molar-refractivity contribution >= 4 is 22.0 Å². The molecule has 2 heterocycles. The summed E-state index contributed by atoms with van der Waals surface area (Å²) < 4.78 is 25.7. The van der Waals surface area contributed by atoms with Crippen LogP contribution in [0.15, 0.2) is 48.5 Å². The Morgan fingerprint density at radius 2 is 1.64 bits per heavy atom. The summed E-state index contributed by atoms with van der Waals surface area (Å²) in [6, 6.07) is 11.5. The SMILES string of the molecule is O=[N+]([O-])c1ccc(OCc2nn3c(COc4ccc(F)cc4)nnc3s2)cc1. The number of hydrogen-bond acceptors (Lipinski definition) is 8. The van der Waals surface area contributed by atoms with Crippen molar-refractivity contribution in [3.63, 3.8) is 0 Å². The van der Waals surface area contributed by atoms with Gasteiger partial charge in [-0.3, -0.25) is 10.1 Å². The van der Waals surface area contributed by atoms with E-state index in [1.807, 2.05) is 0 Å². The summed E-state index contributed by atoms with van der Waals surface area (Å²) in [6.45, 7) is 0.309. The van der Waals surface area contributed by atoms with E-state index in [0.29, 0.717) is 27.3 Å². The molecule has 0 spiro atoms. The van der Waals surface area contributed by atoms with E-state index in [0.717, 1.165) is 0 Å². The van der Waals surface area contributed by atoms with Crippen LogP contribution in [0.5, 0.6) is 11.5 Å². The van der Waals surface area contributed by atoms with Crippen molar-refractivity contribution in [3.05, 3.63) is 75.3 Å². The van der Waals surface area contributed by atoms with Gasteiger partial charge in [0.15, 0.2) is 10.8 Å². The minimum atomic E-state index is -0.470. The molecule has 4 rings (SSSR count). The molecule has 2 aromatic heterocycles. The number of nitrogens with zero attached hydrogens (tertiary/aromatic N) is 5. The van der Waals surface area contributed by atoms with Crippen LogP contribution in [0.2, 0.25) is 0 Å². The zero-order chi connectivity index (χ0) is 19.5. The minimum absolute atomic E-state index is 0.00283. The maximum atomic E-state index is 12.9. The van der Waals surface area contributed by atoms with Gasteiger partial charge < -0.3 is 9.47 Å². The van der Waals surface area contributed by atoms with E-state index >= 15 is 0 Å². The Morgan fingerprint density at radius 1 is 1.00 bits per heavy atom. The molecule has 11 heteroatoms. The van der Waals surface area contributed by atoms with E-state index in [4.69, 9.17) is 9.47 Å². The van der Waals surface area contributed by atoms with Gasteiger partial charge in [-0.1, -0.05) is 11.3 Å². The normalized spacial score (nSPS) is 10.9. The second-order valence-electron chi connectivity index (χ2n) is 5.59. The first-order valence-electron chi connectivity index (χ1n) is 8.04. The maximum Gasteiger partial charge on any atom is 0.269 e. The Labute approximate surface area is 161 Å². The van der Waals surface area contributed by atoms with Gasteiger partial charge in [0.05, 0.1) is 4.92 Å². The van der Waals surface area contributed by atoms with Gasteiger partial charge in [-0.2, -0.15) is 9.61 Å². The summed E-state index contributed by atoms with van der Waals surface area (Å²) in [4.78, 5) is 10.8. The predicted octanol–water partition coefficient (Wildman–Crippen LogP) is 3.39. The van der Waals surface area contributed by atoms with Crippen molar-refractivity contribution in [2.24, 2.45) is 0 Å². The molecule has 2 aromatic carbocycles. The van der Waals surface area contributed by atoms with Crippen LogP contribution in [0.1, 0.15) is 10.8 Å². The van der Waals surface area contributed by atoms with E-state index in [1.165, 1.54) is 59.9 Å². The van der Waals surface area contributed by atoms with E-state index in [1.54, 1.807) is 4.52 Å². The van der Waals surface area contributed by atoms with Gasteiger partial charge in [0, 0.05) is 12.1 Å². The van der Waals surface area contributed by atoms with E-state index in [2.05, 4.69) is 15.3 Å². The average molecular weight is 401 g/mol. The van der Waals surface area contributed by atoms with Crippen LogP contribution in [-0.4, -0.2) is 24.7 Å². The van der Waals surface area contributed by atoms with Crippen molar-refractivity contribution < 1.29 is 18.8 Å². The summed E-state index contributed by atoms with van der Waals surface area (Å²) in [7, 11) is 0. The molecular weight excluding hydrogens is 389 g/mol. The lowest BCUT2D eigenvalue weighted by atomic mass is 10.3. The van der Waals surface area contributed by atoms with E-state index < -0.39 is 4.92 Å². The van der Waals surface area contributed by atoms with Crippen LogP contribution < -0.4 is 9.47 Å². The second kappa shape index (κ2) is 7.56. The lowest BCUT2D eigenvalue weighted by Gasteiger charge is -2.04. The Balaban J connectivity index is 1.40. The standard InChI is InChI=1S/C17H12FN5O4S/c18-11-1-5-13(6-2-11)26-9-15-19-20-17-22(15)21-16(28-17)10-27-14-7-3-12(4-8-14)23(24)25/h1-8H,9-10H2. The van der Waals surface area contributed by atoms with Crippen LogP contribution in [0.3, 0.4) is 0 Å². The van der Waals surface area contributed by atoms with Gasteiger partial charge in [-0.15, -0.1) is 10.2 Å². The Bertz CT molecular complexity index is 1110. The van der Waals surface area contributed by atoms with Gasteiger partial charge in [0.25, 0.3) is 5.69 Å². The summed E-state index contributed by atoms with van der Waals surface area (Å²) in [5.41, 5.74) is -0.00283. The molecule has 0 radical (unpaired) electrons. The van der Waals surface area contributed by atoms with Crippen molar-refractivity contribution in [1.29, 1.82) is 0 Å². The van der Waals surface area contributed by atoms with Crippen molar-refractivity contribution in [1.82, 2.24) is 19.8 Å². The van der Waals surface area contributed by atoms with Gasteiger partial charge in [0.2, 0.25) is 4.96 Å². The maximum absolute atomic E-state index is 12.9. The number of nitro benzene ring substituents is 1. The molecule has 0 N–H and O–H groups in total. The smallest absolute Gasteiger partial charge is 0.269 e. The van der Waals surface area contributed by atoms with Crippen molar-refractivity contribution in [3.8, 4) is 11.5 Å². The minimum Gasteiger partial charge on any atom is -0.486 e. The lowest BCUT2D eigenvalue weighted by molar-refractivity contribution is -0.384.